The van der Waals surface area contributed by atoms with E-state index < -0.39 is 0 Å². The Labute approximate surface area is 169 Å². The van der Waals surface area contributed by atoms with Crippen molar-refractivity contribution in [3.8, 4) is 0 Å². The summed E-state index contributed by atoms with van der Waals surface area (Å²) in [4.78, 5) is 43.5. The van der Waals surface area contributed by atoms with Crippen molar-refractivity contribution >= 4 is 35.0 Å². The number of aromatic nitrogens is 1. The maximum atomic E-state index is 12.3. The molecule has 1 saturated heterocycles. The number of anilines is 3. The molecule has 0 bridgehead atoms. The fraction of sp³-hybridized carbons (Fsp3) is 0.300. The van der Waals surface area contributed by atoms with Crippen LogP contribution in [0.2, 0.25) is 0 Å². The standard InChI is InChI=1S/C20H24N6O3/c1-15(27)23-16-5-7-17(8-6-16)24-19(28)14-22-20(29)26-12-10-25(11-13-26)18-4-2-3-9-21-18/h2-9H,10-14H2,1H3,(H,22,29)(H,23,27)(H,24,28). The van der Waals surface area contributed by atoms with Gasteiger partial charge in [0.2, 0.25) is 11.8 Å². The maximum Gasteiger partial charge on any atom is 0.317 e. The van der Waals surface area contributed by atoms with Crippen molar-refractivity contribution in [2.24, 2.45) is 0 Å². The van der Waals surface area contributed by atoms with E-state index in [1.807, 2.05) is 18.2 Å². The van der Waals surface area contributed by atoms with Gasteiger partial charge in [-0.05, 0) is 36.4 Å². The molecule has 0 spiro atoms. The zero-order valence-electron chi connectivity index (χ0n) is 16.2. The van der Waals surface area contributed by atoms with Crippen LogP contribution in [0.4, 0.5) is 22.0 Å². The number of piperazine rings is 1. The van der Waals surface area contributed by atoms with Crippen molar-refractivity contribution in [2.45, 2.75) is 6.92 Å². The quantitative estimate of drug-likeness (QED) is 0.710. The molecule has 0 atom stereocenters. The highest BCUT2D eigenvalue weighted by atomic mass is 16.2. The SMILES string of the molecule is CC(=O)Nc1ccc(NC(=O)CNC(=O)N2CCN(c3ccccn3)CC2)cc1. The minimum atomic E-state index is -0.322. The highest BCUT2D eigenvalue weighted by Gasteiger charge is 2.22. The number of urea groups is 1. The molecule has 4 amide bonds. The number of hydrogen-bond acceptors (Lipinski definition) is 5. The summed E-state index contributed by atoms with van der Waals surface area (Å²) in [6, 6.07) is 12.2. The molecule has 0 radical (unpaired) electrons. The van der Waals surface area contributed by atoms with Gasteiger partial charge in [0, 0.05) is 50.7 Å². The van der Waals surface area contributed by atoms with E-state index in [1.54, 1.807) is 35.4 Å². The maximum absolute atomic E-state index is 12.3. The van der Waals surface area contributed by atoms with Crippen molar-refractivity contribution < 1.29 is 14.4 Å². The van der Waals surface area contributed by atoms with E-state index in [0.717, 1.165) is 5.82 Å². The van der Waals surface area contributed by atoms with E-state index in [1.165, 1.54) is 6.92 Å². The van der Waals surface area contributed by atoms with Gasteiger partial charge in [-0.25, -0.2) is 9.78 Å². The van der Waals surface area contributed by atoms with E-state index in [9.17, 15) is 14.4 Å². The third-order valence-electron chi connectivity index (χ3n) is 4.43. The number of nitrogens with one attached hydrogen (secondary N) is 3. The molecule has 9 nitrogen and oxygen atoms in total. The highest BCUT2D eigenvalue weighted by molar-refractivity contribution is 5.95. The first-order valence-electron chi connectivity index (χ1n) is 9.37. The van der Waals surface area contributed by atoms with E-state index >= 15 is 0 Å². The molecule has 2 heterocycles. The van der Waals surface area contributed by atoms with Crippen LogP contribution in [0.15, 0.2) is 48.7 Å². The molecule has 2 aromatic rings. The predicted molar refractivity (Wildman–Crippen MR) is 111 cm³/mol. The molecule has 1 aromatic carbocycles. The Kier molecular flexibility index (Phi) is 6.62. The first kappa shape index (κ1) is 20.1. The van der Waals surface area contributed by atoms with E-state index in [4.69, 9.17) is 0 Å². The van der Waals surface area contributed by atoms with Crippen LogP contribution in [0, 0.1) is 0 Å². The molecule has 152 valence electrons. The second-order valence-electron chi connectivity index (χ2n) is 6.63. The zero-order chi connectivity index (χ0) is 20.6. The Bertz CT molecular complexity index is 848. The van der Waals surface area contributed by atoms with Crippen LogP contribution >= 0.6 is 0 Å². The summed E-state index contributed by atoms with van der Waals surface area (Å²) < 4.78 is 0. The number of amides is 4. The lowest BCUT2D eigenvalue weighted by atomic mass is 10.2. The third-order valence-corrected chi connectivity index (χ3v) is 4.43. The van der Waals surface area contributed by atoms with Gasteiger partial charge in [-0.2, -0.15) is 0 Å². The summed E-state index contributed by atoms with van der Waals surface area (Å²) >= 11 is 0. The summed E-state index contributed by atoms with van der Waals surface area (Å²) in [5, 5.41) is 8.01. The molecule has 1 aromatic heterocycles. The molecule has 29 heavy (non-hydrogen) atoms. The van der Waals surface area contributed by atoms with Crippen LogP contribution in [0.1, 0.15) is 6.92 Å². The zero-order valence-corrected chi connectivity index (χ0v) is 16.2. The Hall–Kier alpha value is -3.62. The van der Waals surface area contributed by atoms with Crippen LogP contribution in [-0.2, 0) is 9.59 Å². The molecule has 3 N–H and O–H groups in total. The van der Waals surface area contributed by atoms with Gasteiger partial charge in [-0.15, -0.1) is 0 Å². The van der Waals surface area contributed by atoms with Crippen molar-refractivity contribution in [1.29, 1.82) is 0 Å². The predicted octanol–water partition coefficient (Wildman–Crippen LogP) is 1.51. The van der Waals surface area contributed by atoms with Gasteiger partial charge in [0.1, 0.15) is 5.82 Å². The van der Waals surface area contributed by atoms with Crippen molar-refractivity contribution in [2.75, 3.05) is 48.3 Å². The topological polar surface area (TPSA) is 107 Å². The van der Waals surface area contributed by atoms with Gasteiger partial charge < -0.3 is 25.8 Å². The molecule has 1 fully saturated rings. The van der Waals surface area contributed by atoms with Crippen LogP contribution in [0.3, 0.4) is 0 Å². The number of pyridine rings is 1. The Morgan fingerprint density at radius 3 is 2.17 bits per heavy atom. The summed E-state index contributed by atoms with van der Waals surface area (Å²) in [5.41, 5.74) is 1.23. The average molecular weight is 396 g/mol. The van der Waals surface area contributed by atoms with Crippen LogP contribution < -0.4 is 20.9 Å². The summed E-state index contributed by atoms with van der Waals surface area (Å²) in [5.74, 6) is 0.416. The summed E-state index contributed by atoms with van der Waals surface area (Å²) in [7, 11) is 0. The largest absolute Gasteiger partial charge is 0.353 e. The van der Waals surface area contributed by atoms with Gasteiger partial charge in [-0.1, -0.05) is 6.07 Å². The van der Waals surface area contributed by atoms with E-state index in [2.05, 4.69) is 25.8 Å². The molecular weight excluding hydrogens is 372 g/mol. The summed E-state index contributed by atoms with van der Waals surface area (Å²) in [6.07, 6.45) is 1.75. The lowest BCUT2D eigenvalue weighted by molar-refractivity contribution is -0.115. The smallest absolute Gasteiger partial charge is 0.317 e. The third kappa shape index (κ3) is 5.93. The lowest BCUT2D eigenvalue weighted by Gasteiger charge is -2.35. The number of benzene rings is 1. The molecule has 3 rings (SSSR count). The number of carbonyl (C=O) groups excluding carboxylic acids is 3. The Morgan fingerprint density at radius 1 is 0.931 bits per heavy atom. The highest BCUT2D eigenvalue weighted by Crippen LogP contribution is 2.14. The Balaban J connectivity index is 1.40. The van der Waals surface area contributed by atoms with Crippen LogP contribution in [0.25, 0.3) is 0 Å². The van der Waals surface area contributed by atoms with Crippen molar-refractivity contribution in [1.82, 2.24) is 15.2 Å². The Morgan fingerprint density at radius 2 is 1.59 bits per heavy atom. The molecule has 9 heteroatoms. The average Bonchev–Trinajstić information content (AvgIpc) is 2.74. The van der Waals surface area contributed by atoms with Gasteiger partial charge in [-0.3, -0.25) is 9.59 Å². The molecule has 1 aliphatic heterocycles. The normalized spacial score (nSPS) is 13.6. The summed E-state index contributed by atoms with van der Waals surface area (Å²) in [6.45, 7) is 3.82. The van der Waals surface area contributed by atoms with Gasteiger partial charge in [0.25, 0.3) is 0 Å². The second kappa shape index (κ2) is 9.54. The second-order valence-corrected chi connectivity index (χ2v) is 6.63. The van der Waals surface area contributed by atoms with Gasteiger partial charge in [0.15, 0.2) is 0 Å². The fourth-order valence-electron chi connectivity index (χ4n) is 2.99. The number of carbonyl (C=O) groups is 3. The first-order valence-corrected chi connectivity index (χ1v) is 9.37. The minimum Gasteiger partial charge on any atom is -0.353 e. The number of hydrogen-bond donors (Lipinski definition) is 3. The molecule has 0 saturated carbocycles. The van der Waals surface area contributed by atoms with Crippen LogP contribution in [0.5, 0.6) is 0 Å². The number of rotatable bonds is 5. The van der Waals surface area contributed by atoms with Gasteiger partial charge in [0.05, 0.1) is 6.54 Å². The fourth-order valence-corrected chi connectivity index (χ4v) is 2.99. The van der Waals surface area contributed by atoms with Gasteiger partial charge >= 0.3 is 6.03 Å². The molecule has 0 unspecified atom stereocenters. The van der Waals surface area contributed by atoms with E-state index in [-0.39, 0.29) is 24.4 Å². The van der Waals surface area contributed by atoms with Crippen molar-refractivity contribution in [3.05, 3.63) is 48.7 Å². The molecule has 1 aliphatic rings. The van der Waals surface area contributed by atoms with E-state index in [0.29, 0.717) is 37.6 Å². The monoisotopic (exact) mass is 396 g/mol. The number of nitrogens with zero attached hydrogens (tertiary/aromatic N) is 3. The van der Waals surface area contributed by atoms with Crippen LogP contribution in [-0.4, -0.2) is 60.5 Å². The lowest BCUT2D eigenvalue weighted by Crippen LogP contribution is -2.52. The minimum absolute atomic E-state index is 0.118. The first-order chi connectivity index (χ1) is 14.0. The van der Waals surface area contributed by atoms with Crippen molar-refractivity contribution in [3.63, 3.8) is 0 Å². The molecular formula is C20H24N6O3. The molecule has 0 aliphatic carbocycles.